The molecule has 0 aliphatic carbocycles. The first kappa shape index (κ1) is 50.1. The minimum Gasteiger partial charge on any atom is -0.410 e. The third-order valence-electron chi connectivity index (χ3n) is 0.390. The van der Waals surface area contributed by atoms with Gasteiger partial charge in [0.2, 0.25) is 0 Å². The number of allylic oxidation sites excluding steroid dienone is 2. The Hall–Kier alpha value is 7.14. The molecule has 0 amide bonds. The summed E-state index contributed by atoms with van der Waals surface area (Å²) < 4.78 is 0. The summed E-state index contributed by atoms with van der Waals surface area (Å²) in [5.41, 5.74) is 0. The van der Waals surface area contributed by atoms with Crippen LogP contribution >= 0.6 is 0 Å². The number of carbonyl (C=O) groups is 1. The van der Waals surface area contributed by atoms with E-state index in [1.807, 2.05) is 6.92 Å². The van der Waals surface area contributed by atoms with Gasteiger partial charge in [0, 0.05) is 229 Å². The van der Waals surface area contributed by atoms with E-state index in [2.05, 4.69) is 6.08 Å². The van der Waals surface area contributed by atoms with Gasteiger partial charge in [-0.25, -0.2) is 6.08 Å². The molecule has 0 aliphatic heterocycles. The van der Waals surface area contributed by atoms with Crippen molar-refractivity contribution in [2.45, 2.75) is 13.3 Å². The first-order chi connectivity index (χ1) is 2.91. The van der Waals surface area contributed by atoms with Gasteiger partial charge >= 0.3 is 0 Å². The molecular weight excluding hydrogens is 698 g/mol. The van der Waals surface area contributed by atoms with Crippen LogP contribution in [0, 0.1) is 6.08 Å². The molecule has 55 valence electrons. The van der Waals surface area contributed by atoms with Gasteiger partial charge in [0.05, 0.1) is 0 Å². The normalized spacial score (nSPS) is 4.38. The molecule has 0 saturated heterocycles. The first-order valence-electron chi connectivity index (χ1n) is 1.92. The van der Waals surface area contributed by atoms with Crippen LogP contribution in [0.15, 0.2) is 6.08 Å². The van der Waals surface area contributed by atoms with Crippen LogP contribution in [0.5, 0.6) is 0 Å². The van der Waals surface area contributed by atoms with Gasteiger partial charge in [-0.05, 0) is 6.29 Å². The van der Waals surface area contributed by atoms with E-state index >= 15 is 0 Å². The van der Waals surface area contributed by atoms with E-state index in [-0.39, 0.29) is 229 Å². The average Bonchev–Trinajstić information content (AvgIpc) is 1.61. The Balaban J connectivity index is -0.00000000595. The Labute approximate surface area is 257 Å². The standard InChI is InChI=1S/C5H7O.7Y/c1-2-3-4-5-6;;;;;;;/h4-5H,2H2,1H3;;;;;;;/q-1;;;;;;;. The van der Waals surface area contributed by atoms with Crippen LogP contribution in [-0.4, -0.2) is 6.29 Å². The Morgan fingerprint density at radius 1 is 0.923 bits per heavy atom. The molecule has 0 bridgehead atoms. The van der Waals surface area contributed by atoms with E-state index < -0.39 is 0 Å². The van der Waals surface area contributed by atoms with E-state index in [4.69, 9.17) is 0 Å². The van der Waals surface area contributed by atoms with Gasteiger partial charge in [0.1, 0.15) is 0 Å². The van der Waals surface area contributed by atoms with E-state index in [1.165, 1.54) is 6.08 Å². The number of aldehydes is 1. The van der Waals surface area contributed by atoms with Crippen molar-refractivity contribution >= 4 is 6.29 Å². The molecule has 0 spiro atoms. The smallest absolute Gasteiger partial charge is 0 e. The molecule has 0 aromatic carbocycles. The molecular formula is C5H7OY7-. The molecule has 0 aromatic heterocycles. The van der Waals surface area contributed by atoms with Crippen molar-refractivity contribution in [3.8, 4) is 0 Å². The van der Waals surface area contributed by atoms with Crippen LogP contribution in [0.1, 0.15) is 13.3 Å². The summed E-state index contributed by atoms with van der Waals surface area (Å²) in [6.45, 7) is 1.93. The fourth-order valence-corrected chi connectivity index (χ4v) is 0.166. The number of hydrogen-bond acceptors (Lipinski definition) is 1. The maximum Gasteiger partial charge on any atom is 0 e. The second-order valence-electron chi connectivity index (χ2n) is 0.860. The van der Waals surface area contributed by atoms with E-state index in [1.54, 1.807) is 0 Å². The van der Waals surface area contributed by atoms with E-state index in [9.17, 15) is 4.79 Å². The fourth-order valence-electron chi connectivity index (χ4n) is 0.166. The van der Waals surface area contributed by atoms with E-state index in [0.29, 0.717) is 0 Å². The Bertz CT molecular complexity index is 67.9. The molecule has 0 fully saturated rings. The number of carbonyl (C=O) groups excluding carboxylic acids is 1. The third kappa shape index (κ3) is 54.7. The van der Waals surface area contributed by atoms with Crippen molar-refractivity contribution in [2.75, 3.05) is 0 Å². The zero-order chi connectivity index (χ0) is 4.83. The van der Waals surface area contributed by atoms with Gasteiger partial charge in [0.15, 0.2) is 0 Å². The van der Waals surface area contributed by atoms with Gasteiger partial charge in [-0.3, -0.25) is 6.08 Å². The van der Waals surface area contributed by atoms with Crippen molar-refractivity contribution in [2.24, 2.45) is 0 Å². The molecule has 0 aromatic rings. The molecule has 0 N–H and O–H groups in total. The predicted octanol–water partition coefficient (Wildman–Crippen LogP) is 0.937. The maximum absolute atomic E-state index is 9.45. The van der Waals surface area contributed by atoms with Crippen molar-refractivity contribution in [3.05, 3.63) is 12.2 Å². The molecule has 8 heteroatoms. The second kappa shape index (κ2) is 50.8. The molecule has 0 rings (SSSR count). The zero-order valence-electron chi connectivity index (χ0n) is 7.81. The predicted molar refractivity (Wildman–Crippen MR) is 24.2 cm³/mol. The molecule has 0 saturated carbocycles. The number of rotatable bonds is 2. The minimum atomic E-state index is 0. The van der Waals surface area contributed by atoms with Crippen LogP contribution in [-0.2, 0) is 234 Å². The zero-order valence-corrected chi connectivity index (χ0v) is 27.7. The maximum atomic E-state index is 9.45. The monoisotopic (exact) mass is 705 g/mol. The first-order valence-corrected chi connectivity index (χ1v) is 1.92. The largest absolute Gasteiger partial charge is 0.410 e. The SMILES string of the molecule is CC[C-]=CC=O.[Y].[Y].[Y].[Y].[Y].[Y].[Y]. The molecule has 0 aliphatic rings. The van der Waals surface area contributed by atoms with Crippen molar-refractivity contribution in [1.29, 1.82) is 0 Å². The van der Waals surface area contributed by atoms with Crippen LogP contribution in [0.2, 0.25) is 0 Å². The fraction of sp³-hybridized carbons (Fsp3) is 0.400. The quantitative estimate of drug-likeness (QED) is 0.238. The van der Waals surface area contributed by atoms with Gasteiger partial charge in [-0.2, -0.15) is 0 Å². The number of hydrogen-bond donors (Lipinski definition) is 0. The summed E-state index contributed by atoms with van der Waals surface area (Å²) >= 11 is 0. The van der Waals surface area contributed by atoms with Gasteiger partial charge in [-0.15, -0.1) is 6.42 Å². The van der Waals surface area contributed by atoms with Gasteiger partial charge < -0.3 is 4.79 Å². The Kier molecular flexibility index (Phi) is 195. The van der Waals surface area contributed by atoms with Crippen LogP contribution < -0.4 is 0 Å². The van der Waals surface area contributed by atoms with Gasteiger partial charge in [0.25, 0.3) is 0 Å². The van der Waals surface area contributed by atoms with Crippen molar-refractivity contribution in [1.82, 2.24) is 0 Å². The molecule has 0 atom stereocenters. The van der Waals surface area contributed by atoms with Crippen molar-refractivity contribution < 1.29 is 234 Å². The molecule has 7 radical (unpaired) electrons. The summed E-state index contributed by atoms with van der Waals surface area (Å²) in [5, 5.41) is 0. The third-order valence-corrected chi connectivity index (χ3v) is 0.390. The average molecular weight is 705 g/mol. The van der Waals surface area contributed by atoms with Crippen molar-refractivity contribution in [3.63, 3.8) is 0 Å². The molecule has 1 nitrogen and oxygen atoms in total. The topological polar surface area (TPSA) is 17.1 Å². The summed E-state index contributed by atoms with van der Waals surface area (Å²) in [5.74, 6) is 0. The minimum absolute atomic E-state index is 0. The summed E-state index contributed by atoms with van der Waals surface area (Å²) in [6, 6.07) is 0. The van der Waals surface area contributed by atoms with Crippen LogP contribution in [0.3, 0.4) is 0 Å². The molecule has 13 heavy (non-hydrogen) atoms. The summed E-state index contributed by atoms with van der Waals surface area (Å²) in [6.07, 6.45) is 5.62. The Morgan fingerprint density at radius 3 is 1.31 bits per heavy atom. The van der Waals surface area contributed by atoms with Crippen LogP contribution in [0.25, 0.3) is 0 Å². The Morgan fingerprint density at radius 2 is 1.23 bits per heavy atom. The van der Waals surface area contributed by atoms with Gasteiger partial charge in [-0.1, -0.05) is 6.92 Å². The second-order valence-corrected chi connectivity index (χ2v) is 0.860. The summed E-state index contributed by atoms with van der Waals surface area (Å²) in [7, 11) is 0. The van der Waals surface area contributed by atoms with Crippen LogP contribution in [0.4, 0.5) is 0 Å². The molecule has 0 heterocycles. The van der Waals surface area contributed by atoms with E-state index in [0.717, 1.165) is 12.7 Å². The summed E-state index contributed by atoms with van der Waals surface area (Å²) in [4.78, 5) is 9.45. The molecule has 0 unspecified atom stereocenters.